The van der Waals surface area contributed by atoms with Gasteiger partial charge in [-0.05, 0) is 6.07 Å². The van der Waals surface area contributed by atoms with E-state index in [1.807, 2.05) is 0 Å². The highest BCUT2D eigenvalue weighted by atomic mass is 35.5. The Bertz CT molecular complexity index is 613. The molecule has 1 aromatic heterocycles. The Morgan fingerprint density at radius 2 is 2.25 bits per heavy atom. The molecule has 1 aromatic carbocycles. The number of hydrogen-bond donors (Lipinski definition) is 1. The van der Waals surface area contributed by atoms with Crippen LogP contribution in [0.4, 0.5) is 0 Å². The highest BCUT2D eigenvalue weighted by Crippen LogP contribution is 2.23. The standard InChI is InChI=1S/C14H12ClNO3S/c1-9(12(17)13-16-6-7-20-13)14(18)19-8-10-4-2-3-5-11(10)15/h2-7,12,17H,1,8H2. The van der Waals surface area contributed by atoms with Gasteiger partial charge in [-0.25, -0.2) is 9.78 Å². The first-order chi connectivity index (χ1) is 9.59. The van der Waals surface area contributed by atoms with E-state index in [0.29, 0.717) is 15.6 Å². The van der Waals surface area contributed by atoms with Crippen molar-refractivity contribution in [3.63, 3.8) is 0 Å². The van der Waals surface area contributed by atoms with Crippen molar-refractivity contribution >= 4 is 28.9 Å². The summed E-state index contributed by atoms with van der Waals surface area (Å²) in [5, 5.41) is 12.6. The number of ether oxygens (including phenoxy) is 1. The van der Waals surface area contributed by atoms with Crippen LogP contribution in [0.3, 0.4) is 0 Å². The Morgan fingerprint density at radius 1 is 1.50 bits per heavy atom. The minimum atomic E-state index is -1.14. The number of carbonyl (C=O) groups excluding carboxylic acids is 1. The topological polar surface area (TPSA) is 59.4 Å². The van der Waals surface area contributed by atoms with Gasteiger partial charge in [0.25, 0.3) is 0 Å². The van der Waals surface area contributed by atoms with Gasteiger partial charge >= 0.3 is 5.97 Å². The summed E-state index contributed by atoms with van der Waals surface area (Å²) in [6.45, 7) is 3.58. The van der Waals surface area contributed by atoms with Crippen molar-refractivity contribution in [2.75, 3.05) is 0 Å². The monoisotopic (exact) mass is 309 g/mol. The fourth-order valence-electron chi connectivity index (χ4n) is 1.48. The molecule has 0 bridgehead atoms. The Labute approximate surface area is 125 Å². The van der Waals surface area contributed by atoms with E-state index >= 15 is 0 Å². The van der Waals surface area contributed by atoms with Crippen molar-refractivity contribution in [1.82, 2.24) is 4.98 Å². The van der Waals surface area contributed by atoms with Gasteiger partial charge in [-0.2, -0.15) is 0 Å². The number of aliphatic hydroxyl groups excluding tert-OH is 1. The van der Waals surface area contributed by atoms with Gasteiger partial charge in [0.15, 0.2) is 0 Å². The molecule has 2 rings (SSSR count). The number of thiazole rings is 1. The maximum Gasteiger partial charge on any atom is 0.336 e. The molecule has 1 N–H and O–H groups in total. The quantitative estimate of drug-likeness (QED) is 0.681. The summed E-state index contributed by atoms with van der Waals surface area (Å²) >= 11 is 7.20. The Balaban J connectivity index is 1.95. The lowest BCUT2D eigenvalue weighted by Crippen LogP contribution is -2.13. The number of aliphatic hydroxyl groups is 1. The van der Waals surface area contributed by atoms with Gasteiger partial charge < -0.3 is 9.84 Å². The van der Waals surface area contributed by atoms with E-state index in [4.69, 9.17) is 16.3 Å². The second-order valence-corrected chi connectivity index (χ2v) is 5.30. The van der Waals surface area contributed by atoms with E-state index in [-0.39, 0.29) is 12.2 Å². The van der Waals surface area contributed by atoms with Crippen LogP contribution < -0.4 is 0 Å². The van der Waals surface area contributed by atoms with Crippen LogP contribution in [0.1, 0.15) is 16.7 Å². The summed E-state index contributed by atoms with van der Waals surface area (Å²) in [6.07, 6.45) is 0.403. The number of rotatable bonds is 5. The van der Waals surface area contributed by atoms with Crippen LogP contribution in [-0.2, 0) is 16.1 Å². The molecular weight excluding hydrogens is 298 g/mol. The number of nitrogens with zero attached hydrogens (tertiary/aromatic N) is 1. The van der Waals surface area contributed by atoms with Crippen LogP contribution in [0.2, 0.25) is 5.02 Å². The van der Waals surface area contributed by atoms with E-state index in [0.717, 1.165) is 0 Å². The van der Waals surface area contributed by atoms with Crippen molar-refractivity contribution in [2.24, 2.45) is 0 Å². The minimum Gasteiger partial charge on any atom is -0.457 e. The van der Waals surface area contributed by atoms with Crippen LogP contribution >= 0.6 is 22.9 Å². The van der Waals surface area contributed by atoms with Gasteiger partial charge in [0.1, 0.15) is 17.7 Å². The van der Waals surface area contributed by atoms with Crippen LogP contribution in [0.5, 0.6) is 0 Å². The molecule has 0 aliphatic carbocycles. The fourth-order valence-corrected chi connectivity index (χ4v) is 2.33. The molecule has 0 aliphatic rings. The molecule has 2 aromatic rings. The van der Waals surface area contributed by atoms with Crippen molar-refractivity contribution in [1.29, 1.82) is 0 Å². The summed E-state index contributed by atoms with van der Waals surface area (Å²) in [6, 6.07) is 7.06. The summed E-state index contributed by atoms with van der Waals surface area (Å²) < 4.78 is 5.08. The molecule has 20 heavy (non-hydrogen) atoms. The van der Waals surface area contributed by atoms with Crippen LogP contribution in [-0.4, -0.2) is 16.1 Å². The molecule has 0 spiro atoms. The lowest BCUT2D eigenvalue weighted by Gasteiger charge is -2.11. The van der Waals surface area contributed by atoms with E-state index in [2.05, 4.69) is 11.6 Å². The number of esters is 1. The number of hydrogen-bond acceptors (Lipinski definition) is 5. The Kier molecular flexibility index (Phi) is 4.89. The fraction of sp³-hybridized carbons (Fsp3) is 0.143. The van der Waals surface area contributed by atoms with E-state index < -0.39 is 12.1 Å². The van der Waals surface area contributed by atoms with Crippen LogP contribution in [0.15, 0.2) is 48.0 Å². The lowest BCUT2D eigenvalue weighted by molar-refractivity contribution is -0.141. The highest BCUT2D eigenvalue weighted by molar-refractivity contribution is 7.09. The zero-order valence-electron chi connectivity index (χ0n) is 10.5. The largest absolute Gasteiger partial charge is 0.457 e. The van der Waals surface area contributed by atoms with Crippen molar-refractivity contribution in [3.05, 3.63) is 63.6 Å². The predicted octanol–water partition coefficient (Wildman–Crippen LogP) is 3.13. The third-order valence-electron chi connectivity index (χ3n) is 2.59. The normalized spacial score (nSPS) is 11.9. The first kappa shape index (κ1) is 14.7. The van der Waals surface area contributed by atoms with Gasteiger partial charge in [0.05, 0.1) is 5.57 Å². The Morgan fingerprint density at radius 3 is 2.90 bits per heavy atom. The molecule has 6 heteroatoms. The molecule has 104 valence electrons. The highest BCUT2D eigenvalue weighted by Gasteiger charge is 2.21. The molecule has 0 radical (unpaired) electrons. The van der Waals surface area contributed by atoms with E-state index in [1.165, 1.54) is 11.3 Å². The van der Waals surface area contributed by atoms with Crippen molar-refractivity contribution in [3.8, 4) is 0 Å². The lowest BCUT2D eigenvalue weighted by atomic mass is 10.2. The zero-order valence-corrected chi connectivity index (χ0v) is 12.0. The van der Waals surface area contributed by atoms with Crippen molar-refractivity contribution < 1.29 is 14.6 Å². The zero-order chi connectivity index (χ0) is 14.5. The summed E-state index contributed by atoms with van der Waals surface area (Å²) in [5.74, 6) is -0.674. The van der Waals surface area contributed by atoms with E-state index in [1.54, 1.807) is 35.8 Å². The van der Waals surface area contributed by atoms with Gasteiger partial charge in [0.2, 0.25) is 0 Å². The third kappa shape index (κ3) is 3.45. The molecular formula is C14H12ClNO3S. The maximum atomic E-state index is 11.8. The number of benzene rings is 1. The number of carbonyl (C=O) groups is 1. The molecule has 0 saturated carbocycles. The molecule has 0 fully saturated rings. The molecule has 0 aliphatic heterocycles. The van der Waals surface area contributed by atoms with Crippen LogP contribution in [0, 0.1) is 0 Å². The van der Waals surface area contributed by atoms with Gasteiger partial charge in [-0.15, -0.1) is 11.3 Å². The first-order valence-electron chi connectivity index (χ1n) is 5.76. The second-order valence-electron chi connectivity index (χ2n) is 3.97. The average Bonchev–Trinajstić information content (AvgIpc) is 2.98. The van der Waals surface area contributed by atoms with Gasteiger partial charge in [-0.3, -0.25) is 0 Å². The summed E-state index contributed by atoms with van der Waals surface area (Å²) in [7, 11) is 0. The molecule has 1 unspecified atom stereocenters. The molecule has 0 amide bonds. The smallest absolute Gasteiger partial charge is 0.336 e. The summed E-state index contributed by atoms with van der Waals surface area (Å²) in [5.41, 5.74) is 0.644. The van der Waals surface area contributed by atoms with Gasteiger partial charge in [0, 0.05) is 22.2 Å². The third-order valence-corrected chi connectivity index (χ3v) is 3.79. The molecule has 4 nitrogen and oxygen atoms in total. The van der Waals surface area contributed by atoms with Crippen LogP contribution in [0.25, 0.3) is 0 Å². The Hall–Kier alpha value is -1.69. The van der Waals surface area contributed by atoms with E-state index in [9.17, 15) is 9.90 Å². The van der Waals surface area contributed by atoms with Gasteiger partial charge in [-0.1, -0.05) is 36.4 Å². The number of aromatic nitrogens is 1. The maximum absolute atomic E-state index is 11.8. The number of halogens is 1. The second kappa shape index (κ2) is 6.65. The average molecular weight is 310 g/mol. The first-order valence-corrected chi connectivity index (χ1v) is 7.02. The summed E-state index contributed by atoms with van der Waals surface area (Å²) in [4.78, 5) is 15.7. The minimum absolute atomic E-state index is 0.0299. The molecule has 1 heterocycles. The molecule has 0 saturated heterocycles. The predicted molar refractivity (Wildman–Crippen MR) is 77.5 cm³/mol. The molecule has 1 atom stereocenters. The van der Waals surface area contributed by atoms with Crippen molar-refractivity contribution in [2.45, 2.75) is 12.7 Å². The SMILES string of the molecule is C=C(C(=O)OCc1ccccc1Cl)C(O)c1nccs1.